The highest BCUT2D eigenvalue weighted by Gasteiger charge is 2.14. The third-order valence-electron chi connectivity index (χ3n) is 3.45. The summed E-state index contributed by atoms with van der Waals surface area (Å²) >= 11 is 0. The molecule has 17 heavy (non-hydrogen) atoms. The molecule has 0 atom stereocenters. The van der Waals surface area contributed by atoms with Gasteiger partial charge in [0.25, 0.3) is 0 Å². The van der Waals surface area contributed by atoms with Crippen LogP contribution in [0.25, 0.3) is 0 Å². The number of hydrogen-bond donors (Lipinski definition) is 1. The van der Waals surface area contributed by atoms with Crippen LogP contribution in [-0.2, 0) is 6.61 Å². The Morgan fingerprint density at radius 1 is 1.35 bits per heavy atom. The minimum Gasteiger partial charge on any atom is -0.493 e. The Balaban J connectivity index is 1.95. The zero-order valence-electron chi connectivity index (χ0n) is 10.5. The van der Waals surface area contributed by atoms with Gasteiger partial charge < -0.3 is 9.84 Å². The second kappa shape index (κ2) is 6.01. The predicted molar refractivity (Wildman–Crippen MR) is 67.0 cm³/mol. The quantitative estimate of drug-likeness (QED) is 0.872. The Kier molecular flexibility index (Phi) is 4.37. The predicted octanol–water partition coefficient (Wildman–Crippen LogP) is 2.84. The fourth-order valence-electron chi connectivity index (χ4n) is 2.38. The zero-order chi connectivity index (χ0) is 12.1. The summed E-state index contributed by atoms with van der Waals surface area (Å²) in [5.41, 5.74) is 1.72. The molecule has 1 aliphatic rings. The highest BCUT2D eigenvalue weighted by Crippen LogP contribution is 2.26. The maximum Gasteiger partial charge on any atom is 0.128 e. The van der Waals surface area contributed by atoms with Gasteiger partial charge in [-0.3, -0.25) is 4.98 Å². The molecule has 0 bridgehead atoms. The zero-order valence-corrected chi connectivity index (χ0v) is 10.5. The normalized spacial score (nSPS) is 17.1. The van der Waals surface area contributed by atoms with Crippen molar-refractivity contribution in [1.29, 1.82) is 0 Å². The van der Waals surface area contributed by atoms with Crippen molar-refractivity contribution in [1.82, 2.24) is 4.98 Å². The summed E-state index contributed by atoms with van der Waals surface area (Å²) in [7, 11) is 0. The highest BCUT2D eigenvalue weighted by molar-refractivity contribution is 5.32. The molecule has 94 valence electrons. The van der Waals surface area contributed by atoms with Crippen LogP contribution in [0.5, 0.6) is 5.75 Å². The summed E-state index contributed by atoms with van der Waals surface area (Å²) in [6.45, 7) is 2.71. The molecular formula is C14H21NO2. The molecule has 0 unspecified atom stereocenters. The van der Waals surface area contributed by atoms with E-state index in [1.54, 1.807) is 6.20 Å². The third kappa shape index (κ3) is 3.43. The van der Waals surface area contributed by atoms with E-state index in [-0.39, 0.29) is 6.61 Å². The molecule has 1 fully saturated rings. The van der Waals surface area contributed by atoms with E-state index in [9.17, 15) is 5.11 Å². The van der Waals surface area contributed by atoms with Gasteiger partial charge in [-0.05, 0) is 25.7 Å². The Morgan fingerprint density at radius 2 is 2.12 bits per heavy atom. The number of aliphatic hydroxyl groups excluding tert-OH is 1. The van der Waals surface area contributed by atoms with Crippen molar-refractivity contribution in [3.63, 3.8) is 0 Å². The molecule has 0 spiro atoms. The molecule has 0 aliphatic heterocycles. The molecule has 1 aromatic rings. The van der Waals surface area contributed by atoms with Gasteiger partial charge in [0.05, 0.1) is 13.2 Å². The standard InChI is InChI=1S/C14H21NO2/c1-11-7-14(13(9-16)8-15-11)17-10-12-5-3-2-4-6-12/h7-8,12,16H,2-6,9-10H2,1H3. The summed E-state index contributed by atoms with van der Waals surface area (Å²) < 4.78 is 5.85. The average Bonchev–Trinajstić information content (AvgIpc) is 2.38. The summed E-state index contributed by atoms with van der Waals surface area (Å²) in [4.78, 5) is 4.17. The second-order valence-electron chi connectivity index (χ2n) is 4.91. The van der Waals surface area contributed by atoms with Crippen molar-refractivity contribution in [3.8, 4) is 5.75 Å². The number of nitrogens with zero attached hydrogens (tertiary/aromatic N) is 1. The molecule has 0 saturated heterocycles. The largest absolute Gasteiger partial charge is 0.493 e. The molecule has 0 amide bonds. The van der Waals surface area contributed by atoms with Crippen molar-refractivity contribution in [3.05, 3.63) is 23.5 Å². The van der Waals surface area contributed by atoms with Crippen molar-refractivity contribution in [2.45, 2.75) is 45.6 Å². The van der Waals surface area contributed by atoms with E-state index in [0.717, 1.165) is 23.6 Å². The number of rotatable bonds is 4. The van der Waals surface area contributed by atoms with Gasteiger partial charge in [0.15, 0.2) is 0 Å². The lowest BCUT2D eigenvalue weighted by Crippen LogP contribution is -2.16. The van der Waals surface area contributed by atoms with Crippen LogP contribution in [0, 0.1) is 12.8 Å². The Hall–Kier alpha value is -1.09. The van der Waals surface area contributed by atoms with E-state index in [1.165, 1.54) is 32.1 Å². The minimum atomic E-state index is -0.00667. The van der Waals surface area contributed by atoms with Crippen LogP contribution in [0.1, 0.15) is 43.4 Å². The Morgan fingerprint density at radius 3 is 2.82 bits per heavy atom. The fraction of sp³-hybridized carbons (Fsp3) is 0.643. The van der Waals surface area contributed by atoms with Crippen LogP contribution in [0.3, 0.4) is 0 Å². The van der Waals surface area contributed by atoms with Gasteiger partial charge in [-0.2, -0.15) is 0 Å². The lowest BCUT2D eigenvalue weighted by molar-refractivity contribution is 0.201. The van der Waals surface area contributed by atoms with Crippen LogP contribution in [0.2, 0.25) is 0 Å². The fourth-order valence-corrected chi connectivity index (χ4v) is 2.38. The molecule has 2 rings (SSSR count). The van der Waals surface area contributed by atoms with Crippen LogP contribution < -0.4 is 4.74 Å². The Bertz CT molecular complexity index is 359. The molecule has 3 nitrogen and oxygen atoms in total. The lowest BCUT2D eigenvalue weighted by Gasteiger charge is -2.22. The van der Waals surface area contributed by atoms with Gasteiger partial charge in [0.2, 0.25) is 0 Å². The molecule has 3 heteroatoms. The first-order valence-corrected chi connectivity index (χ1v) is 6.49. The number of hydrogen-bond acceptors (Lipinski definition) is 3. The van der Waals surface area contributed by atoms with Crippen LogP contribution in [0.15, 0.2) is 12.3 Å². The van der Waals surface area contributed by atoms with Gasteiger partial charge >= 0.3 is 0 Å². The van der Waals surface area contributed by atoms with Crippen LogP contribution >= 0.6 is 0 Å². The molecule has 1 heterocycles. The van der Waals surface area contributed by atoms with Crippen molar-refractivity contribution in [2.75, 3.05) is 6.61 Å². The lowest BCUT2D eigenvalue weighted by atomic mass is 9.90. The van der Waals surface area contributed by atoms with Crippen molar-refractivity contribution >= 4 is 0 Å². The van der Waals surface area contributed by atoms with Crippen molar-refractivity contribution in [2.24, 2.45) is 5.92 Å². The first kappa shape index (κ1) is 12.4. The molecule has 1 aliphatic carbocycles. The molecule has 1 aromatic heterocycles. The van der Waals surface area contributed by atoms with Gasteiger partial charge in [0, 0.05) is 23.5 Å². The van der Waals surface area contributed by atoms with E-state index in [1.807, 2.05) is 13.0 Å². The minimum absolute atomic E-state index is 0.00667. The van der Waals surface area contributed by atoms with E-state index >= 15 is 0 Å². The van der Waals surface area contributed by atoms with E-state index in [0.29, 0.717) is 5.92 Å². The summed E-state index contributed by atoms with van der Waals surface area (Å²) in [5, 5.41) is 9.23. The van der Waals surface area contributed by atoms with Crippen molar-refractivity contribution < 1.29 is 9.84 Å². The molecular weight excluding hydrogens is 214 g/mol. The summed E-state index contributed by atoms with van der Waals surface area (Å²) in [5.74, 6) is 1.48. The van der Waals surface area contributed by atoms with Gasteiger partial charge in [0.1, 0.15) is 5.75 Å². The van der Waals surface area contributed by atoms with Crippen LogP contribution in [-0.4, -0.2) is 16.7 Å². The molecule has 0 aromatic carbocycles. The number of pyridine rings is 1. The van der Waals surface area contributed by atoms with E-state index in [4.69, 9.17) is 4.74 Å². The monoisotopic (exact) mass is 235 g/mol. The smallest absolute Gasteiger partial charge is 0.128 e. The number of aryl methyl sites for hydroxylation is 1. The highest BCUT2D eigenvalue weighted by atomic mass is 16.5. The Labute approximate surface area is 103 Å². The topological polar surface area (TPSA) is 42.4 Å². The van der Waals surface area contributed by atoms with Gasteiger partial charge in [-0.25, -0.2) is 0 Å². The second-order valence-corrected chi connectivity index (χ2v) is 4.91. The van der Waals surface area contributed by atoms with Gasteiger partial charge in [-0.15, -0.1) is 0 Å². The number of ether oxygens (including phenoxy) is 1. The van der Waals surface area contributed by atoms with E-state index in [2.05, 4.69) is 4.98 Å². The van der Waals surface area contributed by atoms with Crippen LogP contribution in [0.4, 0.5) is 0 Å². The average molecular weight is 235 g/mol. The summed E-state index contributed by atoms with van der Waals surface area (Å²) in [6, 6.07) is 1.91. The maximum atomic E-state index is 9.23. The maximum absolute atomic E-state index is 9.23. The SMILES string of the molecule is Cc1cc(OCC2CCCCC2)c(CO)cn1. The van der Waals surface area contributed by atoms with Gasteiger partial charge in [-0.1, -0.05) is 19.3 Å². The third-order valence-corrected chi connectivity index (χ3v) is 3.45. The molecule has 1 N–H and O–H groups in total. The molecule has 1 saturated carbocycles. The number of aliphatic hydroxyl groups is 1. The summed E-state index contributed by atoms with van der Waals surface area (Å²) in [6.07, 6.45) is 8.28. The van der Waals surface area contributed by atoms with E-state index < -0.39 is 0 Å². The first-order valence-electron chi connectivity index (χ1n) is 6.49. The number of aromatic nitrogens is 1. The first-order chi connectivity index (χ1) is 8.29. The molecule has 0 radical (unpaired) electrons.